The van der Waals surface area contributed by atoms with Crippen molar-refractivity contribution in [3.8, 4) is 0 Å². The number of hydrogen-bond donors (Lipinski definition) is 1. The minimum absolute atomic E-state index is 0.659. The third kappa shape index (κ3) is 2.65. The molecule has 0 amide bonds. The molecule has 1 aliphatic heterocycles. The SMILES string of the molecule is CCC[C@@H](c1sccc1C)N1CCNCC1. The Morgan fingerprint density at radius 1 is 1.44 bits per heavy atom. The molecule has 2 nitrogen and oxygen atoms in total. The van der Waals surface area contributed by atoms with Crippen molar-refractivity contribution in [2.75, 3.05) is 26.2 Å². The van der Waals surface area contributed by atoms with E-state index in [1.807, 2.05) is 11.3 Å². The molecule has 1 aromatic heterocycles. The minimum atomic E-state index is 0.659. The Labute approximate surface area is 103 Å². The standard InChI is InChI=1S/C13H22N2S/c1-3-4-12(13-11(2)5-10-16-13)15-8-6-14-7-9-15/h5,10,12,14H,3-4,6-9H2,1-2H3/t12-/m0/s1. The highest BCUT2D eigenvalue weighted by Crippen LogP contribution is 2.32. The summed E-state index contributed by atoms with van der Waals surface area (Å²) in [6, 6.07) is 2.91. The van der Waals surface area contributed by atoms with Gasteiger partial charge in [0.25, 0.3) is 0 Å². The molecule has 16 heavy (non-hydrogen) atoms. The van der Waals surface area contributed by atoms with Gasteiger partial charge in [0.2, 0.25) is 0 Å². The molecule has 0 aliphatic carbocycles. The van der Waals surface area contributed by atoms with Gasteiger partial charge in [-0.05, 0) is 30.4 Å². The van der Waals surface area contributed by atoms with Gasteiger partial charge >= 0.3 is 0 Å². The summed E-state index contributed by atoms with van der Waals surface area (Å²) in [7, 11) is 0. The zero-order valence-electron chi connectivity index (χ0n) is 10.3. The van der Waals surface area contributed by atoms with E-state index in [1.54, 1.807) is 4.88 Å². The lowest BCUT2D eigenvalue weighted by Crippen LogP contribution is -2.45. The van der Waals surface area contributed by atoms with Crippen LogP contribution < -0.4 is 5.32 Å². The first-order valence-corrected chi connectivity index (χ1v) is 7.19. The summed E-state index contributed by atoms with van der Waals surface area (Å²) >= 11 is 1.93. The quantitative estimate of drug-likeness (QED) is 0.868. The van der Waals surface area contributed by atoms with Gasteiger partial charge in [-0.3, -0.25) is 4.90 Å². The van der Waals surface area contributed by atoms with Gasteiger partial charge in [-0.25, -0.2) is 0 Å². The Balaban J connectivity index is 2.12. The van der Waals surface area contributed by atoms with Gasteiger partial charge in [-0.15, -0.1) is 11.3 Å². The summed E-state index contributed by atoms with van der Waals surface area (Å²) < 4.78 is 0. The Bertz CT molecular complexity index is 315. The molecule has 1 N–H and O–H groups in total. The van der Waals surface area contributed by atoms with E-state index in [1.165, 1.54) is 31.5 Å². The molecular formula is C13H22N2S. The van der Waals surface area contributed by atoms with Gasteiger partial charge < -0.3 is 5.32 Å². The third-order valence-electron chi connectivity index (χ3n) is 3.36. The minimum Gasteiger partial charge on any atom is -0.314 e. The summed E-state index contributed by atoms with van der Waals surface area (Å²) in [5, 5.41) is 5.67. The van der Waals surface area contributed by atoms with E-state index in [0.29, 0.717) is 6.04 Å². The van der Waals surface area contributed by atoms with Crippen LogP contribution in [-0.2, 0) is 0 Å². The average Bonchev–Trinajstić information content (AvgIpc) is 2.73. The maximum Gasteiger partial charge on any atom is 0.0445 e. The van der Waals surface area contributed by atoms with Gasteiger partial charge in [0, 0.05) is 37.1 Å². The molecule has 2 rings (SSSR count). The Morgan fingerprint density at radius 3 is 2.75 bits per heavy atom. The van der Waals surface area contributed by atoms with Gasteiger partial charge in [-0.1, -0.05) is 13.3 Å². The van der Waals surface area contributed by atoms with E-state index in [9.17, 15) is 0 Å². The molecule has 1 aliphatic rings. The Hall–Kier alpha value is -0.380. The van der Waals surface area contributed by atoms with Crippen LogP contribution in [0.25, 0.3) is 0 Å². The monoisotopic (exact) mass is 238 g/mol. The van der Waals surface area contributed by atoms with Crippen LogP contribution in [0.5, 0.6) is 0 Å². The molecule has 90 valence electrons. The van der Waals surface area contributed by atoms with Gasteiger partial charge in [-0.2, -0.15) is 0 Å². The number of thiophene rings is 1. The van der Waals surface area contributed by atoms with Crippen LogP contribution in [0, 0.1) is 6.92 Å². The van der Waals surface area contributed by atoms with E-state index in [-0.39, 0.29) is 0 Å². The van der Waals surface area contributed by atoms with Crippen LogP contribution in [-0.4, -0.2) is 31.1 Å². The van der Waals surface area contributed by atoms with Gasteiger partial charge in [0.1, 0.15) is 0 Å². The second-order valence-electron chi connectivity index (χ2n) is 4.56. The van der Waals surface area contributed by atoms with Crippen molar-refractivity contribution >= 4 is 11.3 Å². The van der Waals surface area contributed by atoms with Crippen LogP contribution in [0.2, 0.25) is 0 Å². The first kappa shape index (κ1) is 12.1. The van der Waals surface area contributed by atoms with Crippen LogP contribution in [0.15, 0.2) is 11.4 Å². The fourth-order valence-corrected chi connectivity index (χ4v) is 3.57. The fourth-order valence-electron chi connectivity index (χ4n) is 2.47. The first-order valence-electron chi connectivity index (χ1n) is 6.31. The molecule has 3 heteroatoms. The van der Waals surface area contributed by atoms with E-state index < -0.39 is 0 Å². The third-order valence-corrected chi connectivity index (χ3v) is 4.48. The molecule has 0 spiro atoms. The molecule has 1 saturated heterocycles. The molecule has 0 unspecified atom stereocenters. The first-order chi connectivity index (χ1) is 7.83. The average molecular weight is 238 g/mol. The second-order valence-corrected chi connectivity index (χ2v) is 5.51. The van der Waals surface area contributed by atoms with Crippen molar-refractivity contribution in [1.82, 2.24) is 10.2 Å². The summed E-state index contributed by atoms with van der Waals surface area (Å²) in [6.07, 6.45) is 2.56. The number of piperazine rings is 1. The number of nitrogens with one attached hydrogen (secondary N) is 1. The largest absolute Gasteiger partial charge is 0.314 e. The molecule has 0 saturated carbocycles. The Kier molecular flexibility index (Phi) is 4.38. The zero-order valence-corrected chi connectivity index (χ0v) is 11.1. The lowest BCUT2D eigenvalue weighted by atomic mass is 10.0. The molecule has 1 fully saturated rings. The van der Waals surface area contributed by atoms with Crippen molar-refractivity contribution in [3.63, 3.8) is 0 Å². The van der Waals surface area contributed by atoms with E-state index >= 15 is 0 Å². The maximum atomic E-state index is 3.43. The molecule has 0 bridgehead atoms. The van der Waals surface area contributed by atoms with Crippen molar-refractivity contribution in [2.24, 2.45) is 0 Å². The highest BCUT2D eigenvalue weighted by Gasteiger charge is 2.23. The lowest BCUT2D eigenvalue weighted by molar-refractivity contribution is 0.166. The summed E-state index contributed by atoms with van der Waals surface area (Å²) in [5.74, 6) is 0. The molecule has 1 aromatic rings. The topological polar surface area (TPSA) is 15.3 Å². The molecule has 1 atom stereocenters. The fraction of sp³-hybridized carbons (Fsp3) is 0.692. The number of aryl methyl sites for hydroxylation is 1. The highest BCUT2D eigenvalue weighted by molar-refractivity contribution is 7.10. The number of rotatable bonds is 4. The molecule has 0 radical (unpaired) electrons. The Morgan fingerprint density at radius 2 is 2.19 bits per heavy atom. The smallest absolute Gasteiger partial charge is 0.0445 e. The predicted molar refractivity (Wildman–Crippen MR) is 71.1 cm³/mol. The number of hydrogen-bond acceptors (Lipinski definition) is 3. The van der Waals surface area contributed by atoms with Crippen LogP contribution in [0.4, 0.5) is 0 Å². The molecular weight excluding hydrogens is 216 g/mol. The van der Waals surface area contributed by atoms with E-state index in [4.69, 9.17) is 0 Å². The normalized spacial score (nSPS) is 19.9. The van der Waals surface area contributed by atoms with Crippen molar-refractivity contribution in [2.45, 2.75) is 32.7 Å². The summed E-state index contributed by atoms with van der Waals surface area (Å²) in [5.41, 5.74) is 1.47. The van der Waals surface area contributed by atoms with Crippen molar-refractivity contribution in [3.05, 3.63) is 21.9 Å². The van der Waals surface area contributed by atoms with Gasteiger partial charge in [0.15, 0.2) is 0 Å². The number of nitrogens with zero attached hydrogens (tertiary/aromatic N) is 1. The van der Waals surface area contributed by atoms with Gasteiger partial charge in [0.05, 0.1) is 0 Å². The van der Waals surface area contributed by atoms with Crippen LogP contribution in [0.1, 0.15) is 36.2 Å². The second kappa shape index (κ2) is 5.80. The predicted octanol–water partition coefficient (Wildman–Crippen LogP) is 2.80. The van der Waals surface area contributed by atoms with E-state index in [0.717, 1.165) is 13.1 Å². The summed E-state index contributed by atoms with van der Waals surface area (Å²) in [4.78, 5) is 4.24. The molecule has 0 aromatic carbocycles. The molecule has 2 heterocycles. The van der Waals surface area contributed by atoms with E-state index in [2.05, 4.69) is 35.5 Å². The van der Waals surface area contributed by atoms with Crippen LogP contribution in [0.3, 0.4) is 0 Å². The lowest BCUT2D eigenvalue weighted by Gasteiger charge is -2.34. The summed E-state index contributed by atoms with van der Waals surface area (Å²) in [6.45, 7) is 9.22. The van der Waals surface area contributed by atoms with Crippen LogP contribution >= 0.6 is 11.3 Å². The van der Waals surface area contributed by atoms with Crippen molar-refractivity contribution in [1.29, 1.82) is 0 Å². The zero-order chi connectivity index (χ0) is 11.4. The van der Waals surface area contributed by atoms with Crippen molar-refractivity contribution < 1.29 is 0 Å². The highest BCUT2D eigenvalue weighted by atomic mass is 32.1. The maximum absolute atomic E-state index is 3.43.